The van der Waals surface area contributed by atoms with Gasteiger partial charge in [-0.05, 0) is 50.7 Å². The van der Waals surface area contributed by atoms with Crippen LogP contribution in [0.4, 0.5) is 0 Å². The van der Waals surface area contributed by atoms with Crippen molar-refractivity contribution in [2.45, 2.75) is 60.5 Å². The lowest BCUT2D eigenvalue weighted by atomic mass is 9.66. The van der Waals surface area contributed by atoms with E-state index in [4.69, 9.17) is 0 Å². The molecule has 0 aromatic carbocycles. The summed E-state index contributed by atoms with van der Waals surface area (Å²) in [6.07, 6.45) is 18.4. The Morgan fingerprint density at radius 2 is 1.36 bits per heavy atom. The lowest BCUT2D eigenvalue weighted by Gasteiger charge is -2.35. The minimum atomic E-state index is -0.526. The summed E-state index contributed by atoms with van der Waals surface area (Å²) in [5, 5.41) is 9.99. The molecule has 0 spiro atoms. The van der Waals surface area contributed by atoms with Gasteiger partial charge in [0.05, 0.1) is 6.10 Å². The van der Waals surface area contributed by atoms with E-state index in [1.54, 1.807) is 19.1 Å². The molecule has 1 saturated carbocycles. The Hall–Kier alpha value is -2.26. The number of carbonyl (C=O) groups is 2. The summed E-state index contributed by atoms with van der Waals surface area (Å²) >= 11 is 0. The van der Waals surface area contributed by atoms with Gasteiger partial charge in [0, 0.05) is 5.41 Å². The number of carbonyl (C=O) groups excluding carboxylic acids is 2. The van der Waals surface area contributed by atoms with Crippen molar-refractivity contribution in [2.75, 3.05) is 0 Å². The van der Waals surface area contributed by atoms with Crippen LogP contribution in [0.5, 0.6) is 0 Å². The third kappa shape index (κ3) is 6.72. The molecule has 1 aliphatic carbocycles. The summed E-state index contributed by atoms with van der Waals surface area (Å²) < 4.78 is 0. The highest BCUT2D eigenvalue weighted by atomic mass is 16.3. The minimum absolute atomic E-state index is 0.0747. The molecule has 0 unspecified atom stereocenters. The van der Waals surface area contributed by atoms with Crippen LogP contribution in [0.3, 0.4) is 0 Å². The highest BCUT2D eigenvalue weighted by molar-refractivity contribution is 5.95. The Bertz CT molecular complexity index is 757. The summed E-state index contributed by atoms with van der Waals surface area (Å²) in [5.41, 5.74) is 2.01. The second-order valence-corrected chi connectivity index (χ2v) is 8.57. The van der Waals surface area contributed by atoms with Crippen molar-refractivity contribution in [1.29, 1.82) is 0 Å². The third-order valence-corrected chi connectivity index (χ3v) is 5.66. The van der Waals surface area contributed by atoms with Crippen molar-refractivity contribution in [2.24, 2.45) is 10.8 Å². The molecular weight excluding hydrogens is 348 g/mol. The molecule has 1 N–H and O–H groups in total. The van der Waals surface area contributed by atoms with E-state index in [1.165, 1.54) is 0 Å². The van der Waals surface area contributed by atoms with Crippen molar-refractivity contribution in [3.05, 3.63) is 71.4 Å². The Kier molecular flexibility index (Phi) is 8.77. The first-order chi connectivity index (χ1) is 13.0. The SMILES string of the molecule is C\C(C=O)=C/C=C/C=C(C)/C=C/C=C(C)/C=C/C(=O)[C@]1(C)C[C@@H](O)CC1(C)C. The lowest BCUT2D eigenvalue weighted by Crippen LogP contribution is -2.36. The molecule has 1 fully saturated rings. The van der Waals surface area contributed by atoms with Crippen LogP contribution in [-0.2, 0) is 9.59 Å². The average molecular weight is 383 g/mol. The maximum Gasteiger partial charge on any atom is 0.162 e. The number of aliphatic hydroxyl groups is 1. The Morgan fingerprint density at radius 3 is 1.89 bits per heavy atom. The zero-order chi connectivity index (χ0) is 21.4. The fraction of sp³-hybridized carbons (Fsp3) is 0.440. The minimum Gasteiger partial charge on any atom is -0.393 e. The standard InChI is InChI=1S/C25H34O3/c1-19(10-7-8-11-21(3)18-26)12-9-13-20(2)14-15-23(28)25(6)17-22(27)16-24(25,4)5/h7-15,18,22,27H,16-17H2,1-6H3/b8-7+,12-9+,15-14+,19-10+,20-13+,21-11+/t22-,25-/m0/s1. The second kappa shape index (κ2) is 10.3. The molecule has 0 heterocycles. The molecule has 0 radical (unpaired) electrons. The molecule has 152 valence electrons. The van der Waals surface area contributed by atoms with Gasteiger partial charge in [0.2, 0.25) is 0 Å². The molecule has 3 heteroatoms. The van der Waals surface area contributed by atoms with Gasteiger partial charge in [0.15, 0.2) is 5.78 Å². The molecule has 0 aromatic heterocycles. The molecule has 28 heavy (non-hydrogen) atoms. The summed E-state index contributed by atoms with van der Waals surface area (Å²) in [4.78, 5) is 23.2. The van der Waals surface area contributed by atoms with Gasteiger partial charge in [0.1, 0.15) is 6.29 Å². The first-order valence-electron chi connectivity index (χ1n) is 9.74. The van der Waals surface area contributed by atoms with Crippen LogP contribution >= 0.6 is 0 Å². The van der Waals surface area contributed by atoms with E-state index >= 15 is 0 Å². The van der Waals surface area contributed by atoms with Gasteiger partial charge in [0.25, 0.3) is 0 Å². The summed E-state index contributed by atoms with van der Waals surface area (Å²) in [6, 6.07) is 0. The fourth-order valence-electron chi connectivity index (χ4n) is 3.38. The van der Waals surface area contributed by atoms with Gasteiger partial charge in [-0.1, -0.05) is 80.5 Å². The van der Waals surface area contributed by atoms with Gasteiger partial charge in [-0.25, -0.2) is 0 Å². The van der Waals surface area contributed by atoms with E-state index in [9.17, 15) is 14.7 Å². The van der Waals surface area contributed by atoms with Crippen molar-refractivity contribution >= 4 is 12.1 Å². The van der Waals surface area contributed by atoms with E-state index in [0.29, 0.717) is 18.4 Å². The number of aldehydes is 1. The van der Waals surface area contributed by atoms with Gasteiger partial charge < -0.3 is 5.11 Å². The van der Waals surface area contributed by atoms with Crippen LogP contribution in [0, 0.1) is 10.8 Å². The van der Waals surface area contributed by atoms with Gasteiger partial charge in [-0.3, -0.25) is 9.59 Å². The topological polar surface area (TPSA) is 54.4 Å². The van der Waals surface area contributed by atoms with E-state index in [-0.39, 0.29) is 11.2 Å². The fourth-order valence-corrected chi connectivity index (χ4v) is 3.38. The Morgan fingerprint density at radius 1 is 0.821 bits per heavy atom. The zero-order valence-electron chi connectivity index (χ0n) is 18.0. The predicted octanol–water partition coefficient (Wildman–Crippen LogP) is 5.45. The quantitative estimate of drug-likeness (QED) is 0.345. The summed E-state index contributed by atoms with van der Waals surface area (Å²) in [7, 11) is 0. The third-order valence-electron chi connectivity index (χ3n) is 5.66. The maximum atomic E-state index is 12.7. The molecule has 1 rings (SSSR count). The second-order valence-electron chi connectivity index (χ2n) is 8.57. The van der Waals surface area contributed by atoms with Crippen molar-refractivity contribution in [1.82, 2.24) is 0 Å². The predicted molar refractivity (Wildman–Crippen MR) is 117 cm³/mol. The monoisotopic (exact) mass is 382 g/mol. The van der Waals surface area contributed by atoms with Crippen LogP contribution in [0.2, 0.25) is 0 Å². The van der Waals surface area contributed by atoms with Crippen LogP contribution < -0.4 is 0 Å². The largest absolute Gasteiger partial charge is 0.393 e. The van der Waals surface area contributed by atoms with E-state index in [1.807, 2.05) is 63.3 Å². The molecule has 2 atom stereocenters. The van der Waals surface area contributed by atoms with Crippen LogP contribution in [0.1, 0.15) is 54.4 Å². The Balaban J connectivity index is 2.70. The molecule has 0 bridgehead atoms. The zero-order valence-corrected chi connectivity index (χ0v) is 18.0. The first kappa shape index (κ1) is 23.8. The van der Waals surface area contributed by atoms with Crippen LogP contribution in [-0.4, -0.2) is 23.3 Å². The number of hydrogen-bond acceptors (Lipinski definition) is 3. The van der Waals surface area contributed by atoms with E-state index in [0.717, 1.165) is 17.4 Å². The van der Waals surface area contributed by atoms with Crippen molar-refractivity contribution in [3.63, 3.8) is 0 Å². The number of hydrogen-bond donors (Lipinski definition) is 1. The van der Waals surface area contributed by atoms with E-state index < -0.39 is 11.5 Å². The lowest BCUT2D eigenvalue weighted by molar-refractivity contribution is -0.127. The Labute approximate surface area is 169 Å². The van der Waals surface area contributed by atoms with Gasteiger partial charge >= 0.3 is 0 Å². The number of rotatable bonds is 8. The number of ketones is 1. The number of aliphatic hydroxyl groups excluding tert-OH is 1. The molecule has 3 nitrogen and oxygen atoms in total. The highest BCUT2D eigenvalue weighted by Gasteiger charge is 2.52. The molecule has 1 aliphatic rings. The smallest absolute Gasteiger partial charge is 0.162 e. The molecular formula is C25H34O3. The maximum absolute atomic E-state index is 12.7. The molecule has 0 aliphatic heterocycles. The van der Waals surface area contributed by atoms with Gasteiger partial charge in [-0.2, -0.15) is 0 Å². The van der Waals surface area contributed by atoms with Crippen molar-refractivity contribution < 1.29 is 14.7 Å². The molecule has 0 amide bonds. The molecule has 0 aromatic rings. The molecule has 0 saturated heterocycles. The normalized spacial score (nSPS) is 26.7. The highest BCUT2D eigenvalue weighted by Crippen LogP contribution is 2.53. The van der Waals surface area contributed by atoms with Crippen molar-refractivity contribution in [3.8, 4) is 0 Å². The summed E-state index contributed by atoms with van der Waals surface area (Å²) in [6.45, 7) is 11.8. The summed E-state index contributed by atoms with van der Waals surface area (Å²) in [5.74, 6) is 0.0747. The van der Waals surface area contributed by atoms with E-state index in [2.05, 4.69) is 13.8 Å². The van der Waals surface area contributed by atoms with Gasteiger partial charge in [-0.15, -0.1) is 0 Å². The van der Waals surface area contributed by atoms with Crippen LogP contribution in [0.25, 0.3) is 0 Å². The first-order valence-corrected chi connectivity index (χ1v) is 9.74. The number of allylic oxidation sites excluding steroid dienone is 12. The average Bonchev–Trinajstić information content (AvgIpc) is 2.83. The van der Waals surface area contributed by atoms with Crippen LogP contribution in [0.15, 0.2) is 71.4 Å².